The molecule has 0 saturated heterocycles. The minimum atomic E-state index is -0.640. The summed E-state index contributed by atoms with van der Waals surface area (Å²) in [5.41, 5.74) is 7.76. The number of methoxy groups -OCH3 is 2. The number of nitriles is 1. The number of hydrogen-bond acceptors (Lipinski definition) is 8. The van der Waals surface area contributed by atoms with Crippen molar-refractivity contribution in [2.24, 2.45) is 5.73 Å². The number of carbonyl (C=O) groups is 1. The van der Waals surface area contributed by atoms with Crippen LogP contribution in [0.1, 0.15) is 27.6 Å². The van der Waals surface area contributed by atoms with E-state index in [1.54, 1.807) is 43.5 Å². The van der Waals surface area contributed by atoms with Crippen molar-refractivity contribution in [3.63, 3.8) is 0 Å². The fourth-order valence-electron chi connectivity index (χ4n) is 3.43. The molecule has 0 spiro atoms. The maximum absolute atomic E-state index is 12.2. The number of esters is 1. The number of hydrogen-bond donors (Lipinski definition) is 1. The Morgan fingerprint density at radius 2 is 1.90 bits per heavy atom. The molecule has 0 amide bonds. The van der Waals surface area contributed by atoms with Crippen LogP contribution >= 0.6 is 0 Å². The van der Waals surface area contributed by atoms with Gasteiger partial charge in [0, 0.05) is 11.6 Å². The number of benzene rings is 2. The maximum Gasteiger partial charge on any atom is 0.379 e. The monoisotopic (exact) mass is 418 g/mol. The van der Waals surface area contributed by atoms with Gasteiger partial charge in [-0.05, 0) is 35.9 Å². The second-order valence-electron chi connectivity index (χ2n) is 6.61. The van der Waals surface area contributed by atoms with Gasteiger partial charge in [-0.15, -0.1) is 0 Å². The molecule has 1 aromatic heterocycles. The van der Waals surface area contributed by atoms with Crippen molar-refractivity contribution in [1.29, 1.82) is 5.26 Å². The normalized spacial score (nSPS) is 14.8. The van der Waals surface area contributed by atoms with E-state index < -0.39 is 11.9 Å². The lowest BCUT2D eigenvalue weighted by Crippen LogP contribution is -2.21. The van der Waals surface area contributed by atoms with E-state index in [1.165, 1.54) is 19.4 Å². The Morgan fingerprint density at radius 1 is 1.10 bits per heavy atom. The molecule has 1 aliphatic heterocycles. The van der Waals surface area contributed by atoms with Gasteiger partial charge in [-0.2, -0.15) is 5.26 Å². The largest absolute Gasteiger partial charge is 0.493 e. The van der Waals surface area contributed by atoms with Crippen LogP contribution < -0.4 is 24.7 Å². The number of nitrogens with zero attached hydrogens (tertiary/aromatic N) is 1. The third-order valence-electron chi connectivity index (χ3n) is 4.86. The first-order valence-electron chi connectivity index (χ1n) is 9.24. The molecule has 31 heavy (non-hydrogen) atoms. The van der Waals surface area contributed by atoms with Crippen molar-refractivity contribution >= 4 is 5.97 Å². The van der Waals surface area contributed by atoms with Crippen LogP contribution in [0, 0.1) is 11.3 Å². The van der Waals surface area contributed by atoms with E-state index in [4.69, 9.17) is 29.1 Å². The zero-order chi connectivity index (χ0) is 22.0. The Bertz CT molecular complexity index is 1210. The van der Waals surface area contributed by atoms with Gasteiger partial charge < -0.3 is 29.1 Å². The molecule has 2 N–H and O–H groups in total. The Kier molecular flexibility index (Phi) is 5.24. The molecular formula is C23H18N2O6. The van der Waals surface area contributed by atoms with Crippen molar-refractivity contribution < 1.29 is 28.2 Å². The number of ether oxygens (including phenoxy) is 4. The lowest BCUT2D eigenvalue weighted by Gasteiger charge is -2.27. The molecule has 0 bridgehead atoms. The summed E-state index contributed by atoms with van der Waals surface area (Å²) in [4.78, 5) is 12.2. The van der Waals surface area contributed by atoms with Crippen LogP contribution in [0.4, 0.5) is 0 Å². The van der Waals surface area contributed by atoms with E-state index in [1.807, 2.05) is 6.07 Å². The van der Waals surface area contributed by atoms with Gasteiger partial charge in [0.25, 0.3) is 0 Å². The van der Waals surface area contributed by atoms with E-state index in [9.17, 15) is 10.1 Å². The smallest absolute Gasteiger partial charge is 0.379 e. The average molecular weight is 418 g/mol. The van der Waals surface area contributed by atoms with Gasteiger partial charge in [-0.3, -0.25) is 0 Å². The molecule has 0 aliphatic carbocycles. The Labute approximate surface area is 178 Å². The van der Waals surface area contributed by atoms with Crippen LogP contribution in [0.2, 0.25) is 0 Å². The molecular weight excluding hydrogens is 400 g/mol. The molecule has 1 unspecified atom stereocenters. The van der Waals surface area contributed by atoms with Gasteiger partial charge in [0.05, 0.1) is 26.4 Å². The Morgan fingerprint density at radius 3 is 2.58 bits per heavy atom. The van der Waals surface area contributed by atoms with Crippen LogP contribution in [0.5, 0.6) is 23.0 Å². The molecule has 1 aliphatic rings. The predicted octanol–water partition coefficient (Wildman–Crippen LogP) is 3.73. The quantitative estimate of drug-likeness (QED) is 0.492. The minimum absolute atomic E-state index is 0.0238. The zero-order valence-electron chi connectivity index (χ0n) is 16.7. The third kappa shape index (κ3) is 3.65. The highest BCUT2D eigenvalue weighted by Gasteiger charge is 2.31. The molecule has 0 radical (unpaired) electrons. The number of fused-ring (bicyclic) bond motifs is 1. The molecule has 0 fully saturated rings. The number of rotatable bonds is 5. The number of carbonyl (C=O) groups excluding carboxylic acids is 1. The first-order valence-corrected chi connectivity index (χ1v) is 9.24. The molecule has 8 heteroatoms. The molecule has 4 rings (SSSR count). The molecule has 2 heterocycles. The fraction of sp³-hybridized carbons (Fsp3) is 0.130. The van der Waals surface area contributed by atoms with Gasteiger partial charge >= 0.3 is 5.97 Å². The number of furan rings is 1. The second-order valence-corrected chi connectivity index (χ2v) is 6.61. The van der Waals surface area contributed by atoms with Crippen molar-refractivity contribution in [3.05, 3.63) is 83.1 Å². The van der Waals surface area contributed by atoms with Crippen molar-refractivity contribution in [3.8, 4) is 29.1 Å². The topological polar surface area (TPSA) is 117 Å². The molecule has 1 atom stereocenters. The SMILES string of the molecule is COc1ccc(C2C(C#N)=C(N)Oc3cc(OC(=O)c4ccco4)ccc32)cc1OC. The highest BCUT2D eigenvalue weighted by atomic mass is 16.5. The summed E-state index contributed by atoms with van der Waals surface area (Å²) in [6, 6.07) is 15.5. The zero-order valence-corrected chi connectivity index (χ0v) is 16.7. The predicted molar refractivity (Wildman–Crippen MR) is 109 cm³/mol. The van der Waals surface area contributed by atoms with Crippen LogP contribution in [-0.2, 0) is 0 Å². The van der Waals surface area contributed by atoms with Crippen LogP contribution in [0.15, 0.2) is 70.7 Å². The lowest BCUT2D eigenvalue weighted by molar-refractivity contribution is 0.0701. The summed E-state index contributed by atoms with van der Waals surface area (Å²) in [5.74, 6) is 0.627. The Balaban J connectivity index is 1.74. The third-order valence-corrected chi connectivity index (χ3v) is 4.86. The van der Waals surface area contributed by atoms with Gasteiger partial charge in [0.2, 0.25) is 11.6 Å². The summed E-state index contributed by atoms with van der Waals surface area (Å²) in [5, 5.41) is 9.72. The molecule has 2 aromatic carbocycles. The minimum Gasteiger partial charge on any atom is -0.493 e. The van der Waals surface area contributed by atoms with Crippen LogP contribution in [0.3, 0.4) is 0 Å². The summed E-state index contributed by atoms with van der Waals surface area (Å²) < 4.78 is 26.8. The maximum atomic E-state index is 12.2. The average Bonchev–Trinajstić information content (AvgIpc) is 3.32. The number of allylic oxidation sites excluding steroid dienone is 1. The highest BCUT2D eigenvalue weighted by molar-refractivity contribution is 5.88. The first kappa shape index (κ1) is 19.9. The molecule has 0 saturated carbocycles. The fourth-order valence-corrected chi connectivity index (χ4v) is 3.43. The highest BCUT2D eigenvalue weighted by Crippen LogP contribution is 2.45. The Hall–Kier alpha value is -4.38. The van der Waals surface area contributed by atoms with Gasteiger partial charge in [0.15, 0.2) is 11.5 Å². The first-order chi connectivity index (χ1) is 15.0. The molecule has 8 nitrogen and oxygen atoms in total. The van der Waals surface area contributed by atoms with Gasteiger partial charge in [-0.1, -0.05) is 12.1 Å². The van der Waals surface area contributed by atoms with Crippen molar-refractivity contribution in [1.82, 2.24) is 0 Å². The summed E-state index contributed by atoms with van der Waals surface area (Å²) in [6.07, 6.45) is 1.38. The van der Waals surface area contributed by atoms with Gasteiger partial charge in [0.1, 0.15) is 23.1 Å². The summed E-state index contributed by atoms with van der Waals surface area (Å²) in [6.45, 7) is 0. The van der Waals surface area contributed by atoms with Crippen molar-refractivity contribution in [2.45, 2.75) is 5.92 Å². The van der Waals surface area contributed by atoms with E-state index >= 15 is 0 Å². The standard InChI is InChI=1S/C23H18N2O6/c1-27-17-8-5-13(10-20(17)28-2)21-15-7-6-14(30-23(26)18-4-3-9-29-18)11-19(15)31-22(25)16(21)12-24/h3-11,21H,25H2,1-2H3. The summed E-state index contributed by atoms with van der Waals surface area (Å²) >= 11 is 0. The van der Waals surface area contributed by atoms with E-state index in [0.29, 0.717) is 22.8 Å². The van der Waals surface area contributed by atoms with E-state index in [0.717, 1.165) is 5.56 Å². The van der Waals surface area contributed by atoms with E-state index in [2.05, 4.69) is 6.07 Å². The molecule has 156 valence electrons. The van der Waals surface area contributed by atoms with Gasteiger partial charge in [-0.25, -0.2) is 4.79 Å². The van der Waals surface area contributed by atoms with Crippen molar-refractivity contribution in [2.75, 3.05) is 14.2 Å². The van der Waals surface area contributed by atoms with Crippen LogP contribution in [0.25, 0.3) is 0 Å². The number of nitrogens with two attached hydrogens (primary N) is 1. The summed E-state index contributed by atoms with van der Waals surface area (Å²) in [7, 11) is 3.08. The second kappa shape index (κ2) is 8.16. The lowest BCUT2D eigenvalue weighted by atomic mass is 9.83. The molecule has 3 aromatic rings. The van der Waals surface area contributed by atoms with Crippen LogP contribution in [-0.4, -0.2) is 20.2 Å². The van der Waals surface area contributed by atoms with E-state index in [-0.39, 0.29) is 23.0 Å².